The second-order valence-electron chi connectivity index (χ2n) is 6.43. The van der Waals surface area contributed by atoms with Crippen LogP contribution in [0, 0.1) is 5.92 Å². The number of amides is 1. The van der Waals surface area contributed by atoms with E-state index in [4.69, 9.17) is 0 Å². The molecule has 3 nitrogen and oxygen atoms in total. The van der Waals surface area contributed by atoms with Crippen molar-refractivity contribution in [2.75, 3.05) is 13.1 Å². The molecule has 1 aromatic rings. The Morgan fingerprint density at radius 3 is 2.67 bits per heavy atom. The Morgan fingerprint density at radius 1 is 1.24 bits per heavy atom. The molecule has 2 aliphatic rings. The van der Waals surface area contributed by atoms with Crippen LogP contribution >= 0.6 is 0 Å². The molecule has 2 fully saturated rings. The molecule has 3 heteroatoms. The summed E-state index contributed by atoms with van der Waals surface area (Å²) < 4.78 is 0. The highest BCUT2D eigenvalue weighted by molar-refractivity contribution is 5.83. The molecule has 0 aromatic heterocycles. The summed E-state index contributed by atoms with van der Waals surface area (Å²) in [6.45, 7) is 6.20. The quantitative estimate of drug-likeness (QED) is 0.923. The number of rotatable bonds is 4. The summed E-state index contributed by atoms with van der Waals surface area (Å²) in [7, 11) is 0. The number of piperazine rings is 1. The lowest BCUT2D eigenvalue weighted by Gasteiger charge is -2.40. The van der Waals surface area contributed by atoms with Gasteiger partial charge in [-0.25, -0.2) is 0 Å². The van der Waals surface area contributed by atoms with Crippen molar-refractivity contribution in [1.82, 2.24) is 10.2 Å². The first kappa shape index (κ1) is 14.6. The molecule has 1 aromatic carbocycles. The predicted molar refractivity (Wildman–Crippen MR) is 85.2 cm³/mol. The zero-order chi connectivity index (χ0) is 14.8. The molecule has 1 saturated heterocycles. The van der Waals surface area contributed by atoms with E-state index in [1.165, 1.54) is 5.56 Å². The lowest BCUT2D eigenvalue weighted by atomic mass is 10.0. The molecule has 4 atom stereocenters. The van der Waals surface area contributed by atoms with E-state index in [9.17, 15) is 4.79 Å². The Balaban J connectivity index is 1.67. The summed E-state index contributed by atoms with van der Waals surface area (Å²) in [5, 5.41) is 3.56. The molecule has 114 valence electrons. The maximum Gasteiger partial charge on any atom is 0.226 e. The number of hydrogen-bond donors (Lipinski definition) is 1. The van der Waals surface area contributed by atoms with Crippen molar-refractivity contribution >= 4 is 5.91 Å². The lowest BCUT2D eigenvalue weighted by molar-refractivity contribution is -0.136. The van der Waals surface area contributed by atoms with Crippen molar-refractivity contribution < 1.29 is 4.79 Å². The standard InChI is InChI=1S/C18H26N2O/c1-3-14-12-20(15(4-2)11-19-14)18(21)17-10-16(17)13-8-6-5-7-9-13/h5-9,14-17,19H,3-4,10-12H2,1-2H3. The Bertz CT molecular complexity index is 487. The highest BCUT2D eigenvalue weighted by Gasteiger charge is 2.47. The Labute approximate surface area is 127 Å². The molecule has 1 amide bonds. The van der Waals surface area contributed by atoms with Gasteiger partial charge < -0.3 is 10.2 Å². The molecule has 1 N–H and O–H groups in total. The largest absolute Gasteiger partial charge is 0.337 e. The van der Waals surface area contributed by atoms with Crippen LogP contribution in [0.15, 0.2) is 30.3 Å². The van der Waals surface area contributed by atoms with Gasteiger partial charge in [-0.1, -0.05) is 44.2 Å². The topological polar surface area (TPSA) is 32.3 Å². The van der Waals surface area contributed by atoms with E-state index >= 15 is 0 Å². The van der Waals surface area contributed by atoms with Gasteiger partial charge in [-0.3, -0.25) is 4.79 Å². The molecule has 0 bridgehead atoms. The fraction of sp³-hybridized carbons (Fsp3) is 0.611. The van der Waals surface area contributed by atoms with Gasteiger partial charge >= 0.3 is 0 Å². The van der Waals surface area contributed by atoms with E-state index in [1.54, 1.807) is 0 Å². The van der Waals surface area contributed by atoms with Crippen LogP contribution in [-0.4, -0.2) is 36.0 Å². The minimum Gasteiger partial charge on any atom is -0.337 e. The highest BCUT2D eigenvalue weighted by atomic mass is 16.2. The van der Waals surface area contributed by atoms with E-state index in [0.29, 0.717) is 23.9 Å². The van der Waals surface area contributed by atoms with Gasteiger partial charge in [0, 0.05) is 31.1 Å². The summed E-state index contributed by atoms with van der Waals surface area (Å²) in [6, 6.07) is 11.3. The molecule has 3 rings (SSSR count). The van der Waals surface area contributed by atoms with Crippen molar-refractivity contribution in [3.63, 3.8) is 0 Å². The van der Waals surface area contributed by atoms with Crippen LogP contribution < -0.4 is 5.32 Å². The molecular weight excluding hydrogens is 260 g/mol. The van der Waals surface area contributed by atoms with E-state index in [0.717, 1.165) is 32.4 Å². The van der Waals surface area contributed by atoms with Gasteiger partial charge in [0.25, 0.3) is 0 Å². The van der Waals surface area contributed by atoms with Gasteiger partial charge in [0.15, 0.2) is 0 Å². The first-order valence-corrected chi connectivity index (χ1v) is 8.33. The molecule has 1 saturated carbocycles. The van der Waals surface area contributed by atoms with Gasteiger partial charge in [0.1, 0.15) is 0 Å². The number of carbonyl (C=O) groups excluding carboxylic acids is 1. The average Bonchev–Trinajstić information content (AvgIpc) is 3.35. The molecule has 1 aliphatic carbocycles. The van der Waals surface area contributed by atoms with Crippen LogP contribution in [0.4, 0.5) is 0 Å². The van der Waals surface area contributed by atoms with Gasteiger partial charge in [-0.15, -0.1) is 0 Å². The smallest absolute Gasteiger partial charge is 0.226 e. The number of benzene rings is 1. The molecule has 4 unspecified atom stereocenters. The first-order valence-electron chi connectivity index (χ1n) is 8.33. The fourth-order valence-corrected chi connectivity index (χ4v) is 3.52. The zero-order valence-electron chi connectivity index (χ0n) is 13.1. The second-order valence-corrected chi connectivity index (χ2v) is 6.43. The number of hydrogen-bond acceptors (Lipinski definition) is 2. The molecule has 21 heavy (non-hydrogen) atoms. The molecule has 0 radical (unpaired) electrons. The minimum atomic E-state index is 0.219. The zero-order valence-corrected chi connectivity index (χ0v) is 13.1. The van der Waals surface area contributed by atoms with Gasteiger partial charge in [0.2, 0.25) is 5.91 Å². The Hall–Kier alpha value is -1.35. The number of nitrogens with zero attached hydrogens (tertiary/aromatic N) is 1. The highest BCUT2D eigenvalue weighted by Crippen LogP contribution is 2.48. The molecular formula is C18H26N2O. The maximum atomic E-state index is 12.9. The van der Waals surface area contributed by atoms with E-state index < -0.39 is 0 Å². The van der Waals surface area contributed by atoms with Crippen molar-refractivity contribution in [3.05, 3.63) is 35.9 Å². The third-order valence-corrected chi connectivity index (χ3v) is 5.08. The lowest BCUT2D eigenvalue weighted by Crippen LogP contribution is -2.58. The van der Waals surface area contributed by atoms with Gasteiger partial charge in [-0.05, 0) is 30.7 Å². The molecule has 1 heterocycles. The maximum absolute atomic E-state index is 12.9. The first-order chi connectivity index (χ1) is 10.2. The van der Waals surface area contributed by atoms with E-state index in [-0.39, 0.29) is 5.92 Å². The van der Waals surface area contributed by atoms with Crippen molar-refractivity contribution in [3.8, 4) is 0 Å². The third kappa shape index (κ3) is 2.98. The van der Waals surface area contributed by atoms with Crippen LogP contribution in [0.1, 0.15) is 44.6 Å². The van der Waals surface area contributed by atoms with E-state index in [1.807, 2.05) is 6.07 Å². The van der Waals surface area contributed by atoms with Gasteiger partial charge in [-0.2, -0.15) is 0 Å². The van der Waals surface area contributed by atoms with Crippen LogP contribution in [0.2, 0.25) is 0 Å². The summed E-state index contributed by atoms with van der Waals surface area (Å²) in [4.78, 5) is 15.0. The van der Waals surface area contributed by atoms with Crippen LogP contribution in [-0.2, 0) is 4.79 Å². The van der Waals surface area contributed by atoms with Crippen molar-refractivity contribution in [1.29, 1.82) is 0 Å². The fourth-order valence-electron chi connectivity index (χ4n) is 3.52. The monoisotopic (exact) mass is 286 g/mol. The van der Waals surface area contributed by atoms with Crippen LogP contribution in [0.3, 0.4) is 0 Å². The van der Waals surface area contributed by atoms with Crippen LogP contribution in [0.5, 0.6) is 0 Å². The summed E-state index contributed by atoms with van der Waals surface area (Å²) in [6.07, 6.45) is 3.16. The summed E-state index contributed by atoms with van der Waals surface area (Å²) >= 11 is 0. The third-order valence-electron chi connectivity index (χ3n) is 5.08. The number of nitrogens with one attached hydrogen (secondary N) is 1. The SMILES string of the molecule is CCC1CN(C(=O)C2CC2c2ccccc2)C(CC)CN1. The molecule has 0 spiro atoms. The van der Waals surface area contributed by atoms with Crippen molar-refractivity contribution in [2.24, 2.45) is 5.92 Å². The average molecular weight is 286 g/mol. The summed E-state index contributed by atoms with van der Waals surface area (Å²) in [5.41, 5.74) is 1.33. The minimum absolute atomic E-state index is 0.219. The number of carbonyl (C=O) groups is 1. The summed E-state index contributed by atoms with van der Waals surface area (Å²) in [5.74, 6) is 1.05. The van der Waals surface area contributed by atoms with Crippen molar-refractivity contribution in [2.45, 2.75) is 51.1 Å². The Morgan fingerprint density at radius 2 is 2.00 bits per heavy atom. The Kier molecular flexibility index (Phi) is 4.29. The van der Waals surface area contributed by atoms with Crippen LogP contribution in [0.25, 0.3) is 0 Å². The van der Waals surface area contributed by atoms with Gasteiger partial charge in [0.05, 0.1) is 0 Å². The molecule has 1 aliphatic heterocycles. The second kappa shape index (κ2) is 6.18. The van der Waals surface area contributed by atoms with E-state index in [2.05, 4.69) is 48.3 Å². The normalized spacial score (nSPS) is 32.0. The predicted octanol–water partition coefficient (Wildman–Crippen LogP) is 2.78.